The van der Waals surface area contributed by atoms with E-state index in [-0.39, 0.29) is 34.2 Å². The van der Waals surface area contributed by atoms with Crippen LogP contribution in [0.1, 0.15) is 13.8 Å². The first kappa shape index (κ1) is 29.1. The zero-order valence-electron chi connectivity index (χ0n) is 18.9. The number of nitrogens with two attached hydrogens (primary N) is 1. The third-order valence-corrected chi connectivity index (χ3v) is 5.29. The molecule has 0 unspecified atom stereocenters. The Morgan fingerprint density at radius 1 is 0.971 bits per heavy atom. The van der Waals surface area contributed by atoms with Crippen LogP contribution in [0, 0.1) is 0 Å². The Balaban J connectivity index is 0.00000578. The van der Waals surface area contributed by atoms with Gasteiger partial charge in [0, 0.05) is 46.2 Å². The average Bonchev–Trinajstić information content (AvgIpc) is 2.80. The van der Waals surface area contributed by atoms with Crippen LogP contribution in [0.15, 0.2) is 85.3 Å². The molecule has 0 saturated heterocycles. The largest absolute Gasteiger partial charge is 0.377 e. The first-order valence-electron chi connectivity index (χ1n) is 9.57. The predicted octanol–water partition coefficient (Wildman–Crippen LogP) is 2.34. The van der Waals surface area contributed by atoms with Crippen molar-refractivity contribution in [1.29, 1.82) is 0 Å². The molecule has 0 spiro atoms. The van der Waals surface area contributed by atoms with Crippen molar-refractivity contribution in [3.8, 4) is 0 Å². The molecule has 4 N–H and O–H groups in total. The fourth-order valence-corrected chi connectivity index (χ4v) is 3.12. The topological polar surface area (TPSA) is 138 Å². The second-order valence-corrected chi connectivity index (χ2v) is 8.35. The number of hydrazine groups is 1. The van der Waals surface area contributed by atoms with Crippen molar-refractivity contribution in [1.82, 2.24) is 10.9 Å². The van der Waals surface area contributed by atoms with Crippen LogP contribution >= 0.6 is 23.5 Å². The second kappa shape index (κ2) is 14.4. The van der Waals surface area contributed by atoms with Crippen molar-refractivity contribution in [2.75, 3.05) is 12.5 Å². The molecule has 183 valence electrons. The van der Waals surface area contributed by atoms with Crippen molar-refractivity contribution in [3.05, 3.63) is 70.1 Å². The standard InChI is InChI=1S/C22H24N6O3S2.Cu/c1-13-6-16(10-25-27-21(23)32-3)19(30)17(7-13)11-26-28-22(33-4)24-9-15-5-14(2)8-18(12-29)20(15)31;/h5-12,26H,1-4H3,(H2,23,27)(H,24,28);. The van der Waals surface area contributed by atoms with Gasteiger partial charge in [0.15, 0.2) is 28.2 Å². The third kappa shape index (κ3) is 8.45. The van der Waals surface area contributed by atoms with Gasteiger partial charge in [-0.2, -0.15) is 5.10 Å². The molecule has 0 aromatic heterocycles. The van der Waals surface area contributed by atoms with Crippen molar-refractivity contribution < 1.29 is 31.5 Å². The smallest absolute Gasteiger partial charge is 0.197 e. The van der Waals surface area contributed by atoms with Crippen LogP contribution in [0.5, 0.6) is 0 Å². The minimum atomic E-state index is -0.382. The summed E-state index contributed by atoms with van der Waals surface area (Å²) in [5.74, 6) is -0.615. The molecular weight excluding hydrogens is 524 g/mol. The number of carbonyl (C=O) groups excluding carboxylic acids is 3. The predicted molar refractivity (Wildman–Crippen MR) is 137 cm³/mol. The molecule has 9 nitrogen and oxygen atoms in total. The van der Waals surface area contributed by atoms with Crippen LogP contribution in [0.25, 0.3) is 0 Å². The molecular formula is C22H24CuN6O3S2. The monoisotopic (exact) mass is 547 g/mol. The minimum absolute atomic E-state index is 0. The van der Waals surface area contributed by atoms with Gasteiger partial charge in [0.25, 0.3) is 0 Å². The van der Waals surface area contributed by atoms with Crippen LogP contribution in [0.3, 0.4) is 0 Å². The van der Waals surface area contributed by atoms with Crippen LogP contribution in [0.4, 0.5) is 0 Å². The summed E-state index contributed by atoms with van der Waals surface area (Å²) in [6.45, 7) is 3.66. The van der Waals surface area contributed by atoms with E-state index >= 15 is 0 Å². The number of allylic oxidation sites excluding steroid dienone is 10. The fourth-order valence-electron chi connectivity index (χ4n) is 2.68. The normalized spacial score (nSPS) is 19.4. The van der Waals surface area contributed by atoms with Gasteiger partial charge >= 0.3 is 0 Å². The van der Waals surface area contributed by atoms with Gasteiger partial charge in [0.1, 0.15) is 0 Å². The number of ketones is 2. The molecule has 0 aliphatic heterocycles. The first-order chi connectivity index (χ1) is 15.8. The van der Waals surface area contributed by atoms with Crippen LogP contribution in [-0.4, -0.2) is 46.9 Å². The zero-order chi connectivity index (χ0) is 24.4. The zero-order valence-corrected chi connectivity index (χ0v) is 21.5. The van der Waals surface area contributed by atoms with Crippen molar-refractivity contribution in [3.63, 3.8) is 0 Å². The summed E-state index contributed by atoms with van der Waals surface area (Å²) in [6.07, 6.45) is 15.0. The van der Waals surface area contributed by atoms with E-state index in [1.807, 2.05) is 6.92 Å². The number of hydrogen-bond acceptors (Lipinski definition) is 9. The molecule has 0 atom stereocenters. The van der Waals surface area contributed by atoms with Gasteiger partial charge in [-0.25, -0.2) is 4.99 Å². The van der Waals surface area contributed by atoms with E-state index in [4.69, 9.17) is 5.73 Å². The summed E-state index contributed by atoms with van der Waals surface area (Å²) >= 11 is 2.55. The van der Waals surface area contributed by atoms with Crippen LogP contribution in [-0.2, 0) is 31.5 Å². The van der Waals surface area contributed by atoms with Gasteiger partial charge in [-0.3, -0.25) is 19.8 Å². The van der Waals surface area contributed by atoms with Crippen molar-refractivity contribution >= 4 is 57.9 Å². The van der Waals surface area contributed by atoms with E-state index in [1.54, 1.807) is 37.7 Å². The summed E-state index contributed by atoms with van der Waals surface area (Å²) in [5, 5.41) is 8.38. The van der Waals surface area contributed by atoms with E-state index in [0.717, 1.165) is 11.1 Å². The third-order valence-electron chi connectivity index (χ3n) is 4.19. The number of Topliss-reactive ketones (excluding diaryl/α,β-unsaturated/α-hetero) is 2. The first-order valence-corrected chi connectivity index (χ1v) is 12.0. The molecule has 0 aromatic carbocycles. The molecule has 0 bridgehead atoms. The average molecular weight is 548 g/mol. The number of aldehydes is 1. The molecule has 0 amide bonds. The maximum absolute atomic E-state index is 12.7. The summed E-state index contributed by atoms with van der Waals surface area (Å²) in [7, 11) is 0. The number of hydrogen-bond donors (Lipinski definition) is 3. The van der Waals surface area contributed by atoms with Gasteiger partial charge in [-0.1, -0.05) is 23.5 Å². The van der Waals surface area contributed by atoms with Crippen molar-refractivity contribution in [2.24, 2.45) is 20.9 Å². The van der Waals surface area contributed by atoms with Gasteiger partial charge in [0.05, 0.1) is 11.8 Å². The van der Waals surface area contributed by atoms with Gasteiger partial charge < -0.3 is 11.2 Å². The number of thioether (sulfide) groups is 2. The Bertz CT molecular complexity index is 1130. The molecule has 34 heavy (non-hydrogen) atoms. The molecule has 12 heteroatoms. The molecule has 2 rings (SSSR count). The maximum atomic E-state index is 12.7. The number of aliphatic imine (C=N–C) groups is 1. The summed E-state index contributed by atoms with van der Waals surface area (Å²) in [4.78, 5) is 40.2. The molecule has 0 aromatic rings. The van der Waals surface area contributed by atoms with Gasteiger partial charge in [-0.05, 0) is 61.8 Å². The van der Waals surface area contributed by atoms with E-state index < -0.39 is 0 Å². The Kier molecular flexibility index (Phi) is 12.3. The number of nitrogens with one attached hydrogen (secondary N) is 2. The maximum Gasteiger partial charge on any atom is 0.197 e. The quantitative estimate of drug-likeness (QED) is 0.0876. The summed E-state index contributed by atoms with van der Waals surface area (Å²) in [6, 6.07) is 0. The Labute approximate surface area is 217 Å². The molecule has 0 fully saturated rings. The van der Waals surface area contributed by atoms with Crippen LogP contribution in [0.2, 0.25) is 0 Å². The number of amidine groups is 2. The van der Waals surface area contributed by atoms with E-state index in [9.17, 15) is 14.4 Å². The number of nitrogens with zero attached hydrogens (tertiary/aromatic N) is 3. The van der Waals surface area contributed by atoms with E-state index in [1.165, 1.54) is 48.2 Å². The molecule has 1 radical (unpaired) electrons. The van der Waals surface area contributed by atoms with Gasteiger partial charge in [0.2, 0.25) is 0 Å². The summed E-state index contributed by atoms with van der Waals surface area (Å²) in [5.41, 5.74) is 14.1. The molecule has 0 heterocycles. The molecule has 0 saturated carbocycles. The minimum Gasteiger partial charge on any atom is -0.377 e. The fraction of sp³-hybridized carbons (Fsp3) is 0.182. The Morgan fingerprint density at radius 3 is 2.21 bits per heavy atom. The second-order valence-electron chi connectivity index (χ2n) is 6.73. The van der Waals surface area contributed by atoms with Crippen molar-refractivity contribution in [2.45, 2.75) is 13.8 Å². The molecule has 2 aliphatic carbocycles. The SMILES string of the molecule is CSC(N)=NN=CC1=CC(C)=CC(=CNNC(=NC=C2C=C(C)C=C(C=O)C2=O)SC)C1=O.[Cu]. The Hall–Kier alpha value is -2.92. The van der Waals surface area contributed by atoms with E-state index in [2.05, 4.69) is 26.0 Å². The van der Waals surface area contributed by atoms with E-state index in [0.29, 0.717) is 33.3 Å². The number of rotatable bonds is 6. The number of carbonyl (C=O) groups is 3. The summed E-state index contributed by atoms with van der Waals surface area (Å²) < 4.78 is 0. The van der Waals surface area contributed by atoms with Crippen LogP contribution < -0.4 is 16.6 Å². The molecule has 2 aliphatic rings. The van der Waals surface area contributed by atoms with Gasteiger partial charge in [-0.15, -0.1) is 5.10 Å². The Morgan fingerprint density at radius 2 is 1.59 bits per heavy atom.